The highest BCUT2D eigenvalue weighted by Gasteiger charge is 2.40. The van der Waals surface area contributed by atoms with Crippen molar-refractivity contribution in [3.8, 4) is 0 Å². The maximum absolute atomic E-state index is 6.33. The number of aromatic nitrogens is 3. The van der Waals surface area contributed by atoms with E-state index in [1.165, 1.54) is 12.8 Å². The fraction of sp³-hybridized carbons (Fsp3) is 0.857. The van der Waals surface area contributed by atoms with Crippen LogP contribution in [-0.4, -0.2) is 37.1 Å². The Morgan fingerprint density at radius 3 is 2.63 bits per heavy atom. The van der Waals surface area contributed by atoms with Crippen LogP contribution in [0.25, 0.3) is 0 Å². The molecular formula is C14H23ClN4. The van der Waals surface area contributed by atoms with Crippen LogP contribution in [0.2, 0.25) is 0 Å². The summed E-state index contributed by atoms with van der Waals surface area (Å²) in [6, 6.07) is 1.32. The van der Waals surface area contributed by atoms with Crippen molar-refractivity contribution in [2.24, 2.45) is 5.92 Å². The van der Waals surface area contributed by atoms with Gasteiger partial charge in [-0.15, -0.1) is 11.6 Å². The molecule has 2 saturated heterocycles. The van der Waals surface area contributed by atoms with Crippen LogP contribution in [-0.2, 0) is 13.1 Å². The van der Waals surface area contributed by atoms with E-state index < -0.39 is 0 Å². The minimum Gasteiger partial charge on any atom is -0.290 e. The summed E-state index contributed by atoms with van der Waals surface area (Å²) in [6.07, 6.45) is 6.55. The van der Waals surface area contributed by atoms with Gasteiger partial charge in [0.25, 0.3) is 0 Å². The lowest BCUT2D eigenvalue weighted by atomic mass is 10.0. The fourth-order valence-corrected chi connectivity index (χ4v) is 3.95. The topological polar surface area (TPSA) is 34.0 Å². The summed E-state index contributed by atoms with van der Waals surface area (Å²) in [5.41, 5.74) is 0. The molecule has 0 aromatic carbocycles. The third-order valence-electron chi connectivity index (χ3n) is 4.38. The maximum atomic E-state index is 6.33. The van der Waals surface area contributed by atoms with Crippen LogP contribution in [0.5, 0.6) is 0 Å². The Bertz CT molecular complexity index is 417. The molecule has 2 atom stereocenters. The standard InChI is InChI=1S/C14H23ClN4/c1-10(2)7-19-14(16-9-17-19)8-18-12-3-4-13(18)6-11(15)5-12/h9-13H,3-8H2,1-2H3. The molecule has 2 fully saturated rings. The summed E-state index contributed by atoms with van der Waals surface area (Å²) >= 11 is 6.33. The average Bonchev–Trinajstić information content (AvgIpc) is 2.84. The molecule has 0 aliphatic carbocycles. The van der Waals surface area contributed by atoms with E-state index in [0.717, 1.165) is 31.8 Å². The summed E-state index contributed by atoms with van der Waals surface area (Å²) in [7, 11) is 0. The molecule has 0 amide bonds. The van der Waals surface area contributed by atoms with E-state index in [-0.39, 0.29) is 0 Å². The minimum atomic E-state index is 0.377. The second-order valence-corrected chi connectivity index (χ2v) is 7.00. The van der Waals surface area contributed by atoms with Gasteiger partial charge in [-0.1, -0.05) is 13.8 Å². The number of halogens is 1. The van der Waals surface area contributed by atoms with Crippen LogP contribution in [0, 0.1) is 5.92 Å². The molecule has 0 radical (unpaired) electrons. The highest BCUT2D eigenvalue weighted by Crippen LogP contribution is 2.38. The van der Waals surface area contributed by atoms with Gasteiger partial charge in [0.15, 0.2) is 0 Å². The van der Waals surface area contributed by atoms with Crippen LogP contribution < -0.4 is 0 Å². The summed E-state index contributed by atoms with van der Waals surface area (Å²) in [4.78, 5) is 7.07. The summed E-state index contributed by atoms with van der Waals surface area (Å²) in [6.45, 7) is 6.32. The molecule has 0 saturated carbocycles. The molecular weight excluding hydrogens is 260 g/mol. The molecule has 0 N–H and O–H groups in total. The van der Waals surface area contributed by atoms with Crippen LogP contribution in [0.4, 0.5) is 0 Å². The van der Waals surface area contributed by atoms with Crippen molar-refractivity contribution in [1.82, 2.24) is 19.7 Å². The molecule has 4 nitrogen and oxygen atoms in total. The van der Waals surface area contributed by atoms with E-state index >= 15 is 0 Å². The highest BCUT2D eigenvalue weighted by atomic mass is 35.5. The normalized spacial score (nSPS) is 31.3. The largest absolute Gasteiger partial charge is 0.290 e. The van der Waals surface area contributed by atoms with Crippen LogP contribution in [0.3, 0.4) is 0 Å². The molecule has 2 unspecified atom stereocenters. The molecule has 1 aromatic rings. The highest BCUT2D eigenvalue weighted by molar-refractivity contribution is 6.20. The van der Waals surface area contributed by atoms with Crippen molar-refractivity contribution in [2.75, 3.05) is 0 Å². The Morgan fingerprint density at radius 1 is 1.32 bits per heavy atom. The van der Waals surface area contributed by atoms with Crippen molar-refractivity contribution < 1.29 is 0 Å². The van der Waals surface area contributed by atoms with Gasteiger partial charge in [0.05, 0.1) is 6.54 Å². The number of rotatable bonds is 4. The molecule has 5 heteroatoms. The zero-order valence-corrected chi connectivity index (χ0v) is 12.6. The Kier molecular flexibility index (Phi) is 3.81. The Balaban J connectivity index is 1.70. The zero-order chi connectivity index (χ0) is 13.4. The first-order chi connectivity index (χ1) is 9.13. The minimum absolute atomic E-state index is 0.377. The Hall–Kier alpha value is -0.610. The predicted octanol–water partition coefficient (Wildman–Crippen LogP) is 2.67. The van der Waals surface area contributed by atoms with Crippen molar-refractivity contribution in [3.63, 3.8) is 0 Å². The van der Waals surface area contributed by atoms with Crippen molar-refractivity contribution in [1.29, 1.82) is 0 Å². The number of alkyl halides is 1. The lowest BCUT2D eigenvalue weighted by molar-refractivity contribution is 0.128. The predicted molar refractivity (Wildman–Crippen MR) is 76.1 cm³/mol. The van der Waals surface area contributed by atoms with E-state index in [1.807, 2.05) is 0 Å². The molecule has 2 bridgehead atoms. The van der Waals surface area contributed by atoms with Gasteiger partial charge >= 0.3 is 0 Å². The number of fused-ring (bicyclic) bond motifs is 2. The zero-order valence-electron chi connectivity index (χ0n) is 11.8. The molecule has 2 aliphatic heterocycles. The number of piperidine rings is 1. The molecule has 19 heavy (non-hydrogen) atoms. The first-order valence-electron chi connectivity index (χ1n) is 7.40. The third-order valence-corrected chi connectivity index (χ3v) is 4.74. The summed E-state index contributed by atoms with van der Waals surface area (Å²) in [5, 5.41) is 4.74. The van der Waals surface area contributed by atoms with Crippen molar-refractivity contribution in [3.05, 3.63) is 12.2 Å². The van der Waals surface area contributed by atoms with Gasteiger partial charge in [0, 0.05) is 24.0 Å². The van der Waals surface area contributed by atoms with E-state index in [0.29, 0.717) is 23.4 Å². The maximum Gasteiger partial charge on any atom is 0.141 e. The van der Waals surface area contributed by atoms with Crippen molar-refractivity contribution >= 4 is 11.6 Å². The van der Waals surface area contributed by atoms with Gasteiger partial charge in [-0.05, 0) is 31.6 Å². The average molecular weight is 283 g/mol. The molecule has 1 aromatic heterocycles. The van der Waals surface area contributed by atoms with Crippen LogP contribution >= 0.6 is 11.6 Å². The Morgan fingerprint density at radius 2 is 2.00 bits per heavy atom. The van der Waals surface area contributed by atoms with Gasteiger partial charge < -0.3 is 0 Å². The quantitative estimate of drug-likeness (QED) is 0.796. The number of hydrogen-bond donors (Lipinski definition) is 0. The molecule has 3 rings (SSSR count). The smallest absolute Gasteiger partial charge is 0.141 e. The van der Waals surface area contributed by atoms with E-state index in [9.17, 15) is 0 Å². The first-order valence-corrected chi connectivity index (χ1v) is 7.83. The van der Waals surface area contributed by atoms with E-state index in [4.69, 9.17) is 11.6 Å². The number of hydrogen-bond acceptors (Lipinski definition) is 3. The summed E-state index contributed by atoms with van der Waals surface area (Å²) < 4.78 is 2.07. The first kappa shape index (κ1) is 13.4. The molecule has 3 heterocycles. The molecule has 106 valence electrons. The number of nitrogens with zero attached hydrogens (tertiary/aromatic N) is 4. The van der Waals surface area contributed by atoms with Crippen molar-refractivity contribution in [2.45, 2.75) is 70.1 Å². The van der Waals surface area contributed by atoms with Crippen LogP contribution in [0.15, 0.2) is 6.33 Å². The Labute approximate surface area is 120 Å². The third kappa shape index (κ3) is 2.79. The second-order valence-electron chi connectivity index (χ2n) is 6.38. The van der Waals surface area contributed by atoms with E-state index in [2.05, 4.69) is 33.5 Å². The molecule has 0 spiro atoms. The van der Waals surface area contributed by atoms with Gasteiger partial charge in [0.2, 0.25) is 0 Å². The lowest BCUT2D eigenvalue weighted by Crippen LogP contribution is -2.43. The van der Waals surface area contributed by atoms with Gasteiger partial charge in [0.1, 0.15) is 12.2 Å². The van der Waals surface area contributed by atoms with Crippen LogP contribution in [0.1, 0.15) is 45.4 Å². The summed E-state index contributed by atoms with van der Waals surface area (Å²) in [5.74, 6) is 1.71. The lowest BCUT2D eigenvalue weighted by Gasteiger charge is -2.36. The van der Waals surface area contributed by atoms with Gasteiger partial charge in [-0.3, -0.25) is 4.90 Å². The van der Waals surface area contributed by atoms with Gasteiger partial charge in [-0.25, -0.2) is 9.67 Å². The van der Waals surface area contributed by atoms with E-state index in [1.54, 1.807) is 6.33 Å². The monoisotopic (exact) mass is 282 g/mol. The fourth-order valence-electron chi connectivity index (χ4n) is 3.54. The van der Waals surface area contributed by atoms with Gasteiger partial charge in [-0.2, -0.15) is 5.10 Å². The molecule has 2 aliphatic rings. The second kappa shape index (κ2) is 5.41. The SMILES string of the molecule is CC(C)Cn1ncnc1CN1C2CCC1CC(Cl)C2.